The quantitative estimate of drug-likeness (QED) is 0.659. The van der Waals surface area contributed by atoms with Crippen LogP contribution in [-0.4, -0.2) is 23.7 Å². The molecule has 0 spiro atoms. The van der Waals surface area contributed by atoms with Crippen molar-refractivity contribution in [2.45, 2.75) is 20.3 Å². The molecule has 2 aromatic rings. The zero-order valence-electron chi connectivity index (χ0n) is 14.0. The number of pyridine rings is 1. The summed E-state index contributed by atoms with van der Waals surface area (Å²) < 4.78 is 4.84. The first-order valence-electron chi connectivity index (χ1n) is 7.83. The van der Waals surface area contributed by atoms with Gasteiger partial charge in [0.05, 0.1) is 18.5 Å². The van der Waals surface area contributed by atoms with E-state index in [2.05, 4.69) is 21.1 Å². The van der Waals surface area contributed by atoms with Crippen molar-refractivity contribution in [2.75, 3.05) is 22.7 Å². The monoisotopic (exact) mass is 344 g/mol. The van der Waals surface area contributed by atoms with Crippen LogP contribution in [0.2, 0.25) is 0 Å². The summed E-state index contributed by atoms with van der Waals surface area (Å²) in [6.07, 6.45) is 1.32. The van der Waals surface area contributed by atoms with Crippen molar-refractivity contribution < 1.29 is 19.2 Å². The van der Waals surface area contributed by atoms with E-state index < -0.39 is 6.09 Å². The predicted octanol–water partition coefficient (Wildman–Crippen LogP) is 3.67. The van der Waals surface area contributed by atoms with Gasteiger partial charge >= 0.3 is 12.1 Å². The Hall–Kier alpha value is -3.29. The molecule has 0 aliphatic rings. The van der Waals surface area contributed by atoms with E-state index in [9.17, 15) is 9.59 Å². The van der Waals surface area contributed by atoms with Crippen molar-refractivity contribution in [1.29, 1.82) is 0 Å². The molecule has 1 aromatic carbocycles. The number of hydrogen-bond acceptors (Lipinski definition) is 7. The smallest absolute Gasteiger partial charge is 0.411 e. The Balaban J connectivity index is 1.95. The molecule has 3 N–H and O–H groups in total. The first-order chi connectivity index (χ1) is 12.1. The number of nitrogens with zero attached hydrogens (tertiary/aromatic N) is 1. The highest BCUT2D eigenvalue weighted by molar-refractivity contribution is 5.85. The van der Waals surface area contributed by atoms with Gasteiger partial charge in [0, 0.05) is 17.8 Å². The van der Waals surface area contributed by atoms with Crippen LogP contribution in [0.15, 0.2) is 42.6 Å². The summed E-state index contributed by atoms with van der Waals surface area (Å²) in [7, 11) is 0. The van der Waals surface area contributed by atoms with E-state index >= 15 is 0 Å². The lowest BCUT2D eigenvalue weighted by molar-refractivity contribution is -0.140. The second kappa shape index (κ2) is 9.11. The first-order valence-corrected chi connectivity index (χ1v) is 7.83. The fourth-order valence-corrected chi connectivity index (χ4v) is 1.82. The Morgan fingerprint density at radius 3 is 2.56 bits per heavy atom. The second-order valence-electron chi connectivity index (χ2n) is 4.91. The number of nitrogens with one attached hydrogen (secondary N) is 3. The van der Waals surface area contributed by atoms with E-state index in [0.717, 1.165) is 5.69 Å². The molecule has 0 atom stereocenters. The van der Waals surface area contributed by atoms with E-state index in [0.29, 0.717) is 23.8 Å². The molecule has 0 unspecified atom stereocenters. The molecule has 1 aromatic heterocycles. The molecule has 0 aliphatic carbocycles. The van der Waals surface area contributed by atoms with Crippen LogP contribution in [0.5, 0.6) is 0 Å². The number of carbonyl (C=O) groups excluding carboxylic acids is 2. The number of ether oxygens (including phenoxy) is 1. The molecule has 0 saturated heterocycles. The number of carbonyl (C=O) groups is 2. The summed E-state index contributed by atoms with van der Waals surface area (Å²) in [5.41, 5.74) is 4.44. The van der Waals surface area contributed by atoms with Gasteiger partial charge in [0.15, 0.2) is 0 Å². The topological polar surface area (TPSA) is 102 Å². The molecule has 0 bridgehead atoms. The molecule has 8 heteroatoms. The third-order valence-electron chi connectivity index (χ3n) is 2.99. The minimum absolute atomic E-state index is 0.288. The molecule has 1 heterocycles. The summed E-state index contributed by atoms with van der Waals surface area (Å²) in [6, 6.07) is 10.6. The number of rotatable bonds is 7. The SMILES string of the molecule is CCOC(=O)Nc1cccc(Nc2ccc(NOC(=O)CC)cn2)c1. The highest BCUT2D eigenvalue weighted by Crippen LogP contribution is 2.20. The molecule has 0 radical (unpaired) electrons. The molecular formula is C17H20N4O4. The maximum Gasteiger partial charge on any atom is 0.411 e. The maximum absolute atomic E-state index is 11.4. The van der Waals surface area contributed by atoms with Gasteiger partial charge in [-0.2, -0.15) is 0 Å². The zero-order chi connectivity index (χ0) is 18.1. The summed E-state index contributed by atoms with van der Waals surface area (Å²) in [5, 5.41) is 5.74. The van der Waals surface area contributed by atoms with Crippen molar-refractivity contribution in [3.8, 4) is 0 Å². The summed E-state index contributed by atoms with van der Waals surface area (Å²) in [6.45, 7) is 3.76. The minimum Gasteiger partial charge on any atom is -0.450 e. The second-order valence-corrected chi connectivity index (χ2v) is 4.91. The maximum atomic E-state index is 11.4. The summed E-state index contributed by atoms with van der Waals surface area (Å²) in [5.74, 6) is 0.244. The van der Waals surface area contributed by atoms with Gasteiger partial charge in [0.1, 0.15) is 5.82 Å². The zero-order valence-corrected chi connectivity index (χ0v) is 14.0. The van der Waals surface area contributed by atoms with E-state index in [-0.39, 0.29) is 12.4 Å². The van der Waals surface area contributed by atoms with Crippen LogP contribution in [0.4, 0.5) is 27.7 Å². The normalized spacial score (nSPS) is 9.84. The fourth-order valence-electron chi connectivity index (χ4n) is 1.82. The van der Waals surface area contributed by atoms with Gasteiger partial charge in [-0.3, -0.25) is 5.32 Å². The van der Waals surface area contributed by atoms with E-state index in [1.165, 1.54) is 6.20 Å². The molecule has 1 amide bonds. The van der Waals surface area contributed by atoms with Crippen molar-refractivity contribution in [3.63, 3.8) is 0 Å². The Morgan fingerprint density at radius 1 is 1.08 bits per heavy atom. The van der Waals surface area contributed by atoms with E-state index in [1.807, 2.05) is 6.07 Å². The Bertz CT molecular complexity index is 719. The predicted molar refractivity (Wildman–Crippen MR) is 94.6 cm³/mol. The number of aromatic nitrogens is 1. The average molecular weight is 344 g/mol. The lowest BCUT2D eigenvalue weighted by atomic mass is 10.2. The highest BCUT2D eigenvalue weighted by Gasteiger charge is 2.04. The third kappa shape index (κ3) is 6.02. The molecule has 8 nitrogen and oxygen atoms in total. The van der Waals surface area contributed by atoms with Crippen molar-refractivity contribution in [3.05, 3.63) is 42.6 Å². The number of benzene rings is 1. The van der Waals surface area contributed by atoms with Crippen LogP contribution in [-0.2, 0) is 14.4 Å². The van der Waals surface area contributed by atoms with Gasteiger partial charge in [-0.05, 0) is 37.3 Å². The molecule has 2 rings (SSSR count). The minimum atomic E-state index is -0.505. The molecular weight excluding hydrogens is 324 g/mol. The van der Waals surface area contributed by atoms with Crippen LogP contribution in [0.3, 0.4) is 0 Å². The Morgan fingerprint density at radius 2 is 1.88 bits per heavy atom. The summed E-state index contributed by atoms with van der Waals surface area (Å²) >= 11 is 0. The standard InChI is InChI=1S/C17H20N4O4/c1-3-16(22)25-21-14-8-9-15(18-11-14)19-12-6-5-7-13(10-12)20-17(23)24-4-2/h5-11,21H,3-4H2,1-2H3,(H,18,19)(H,20,23). The van der Waals surface area contributed by atoms with Gasteiger partial charge in [0.25, 0.3) is 0 Å². The van der Waals surface area contributed by atoms with Gasteiger partial charge < -0.3 is 14.9 Å². The van der Waals surface area contributed by atoms with Crippen molar-refractivity contribution in [1.82, 2.24) is 4.98 Å². The van der Waals surface area contributed by atoms with Gasteiger partial charge in [0.2, 0.25) is 0 Å². The van der Waals surface area contributed by atoms with Crippen LogP contribution in [0, 0.1) is 0 Å². The molecule has 132 valence electrons. The van der Waals surface area contributed by atoms with Gasteiger partial charge in [-0.1, -0.05) is 13.0 Å². The largest absolute Gasteiger partial charge is 0.450 e. The van der Waals surface area contributed by atoms with Crippen LogP contribution in [0.1, 0.15) is 20.3 Å². The van der Waals surface area contributed by atoms with Crippen LogP contribution >= 0.6 is 0 Å². The fraction of sp³-hybridized carbons (Fsp3) is 0.235. The lowest BCUT2D eigenvalue weighted by Gasteiger charge is -2.10. The Kier molecular flexibility index (Phi) is 6.58. The van der Waals surface area contributed by atoms with Crippen molar-refractivity contribution in [2.24, 2.45) is 0 Å². The molecule has 0 aliphatic heterocycles. The lowest BCUT2D eigenvalue weighted by Crippen LogP contribution is -2.13. The number of anilines is 4. The first kappa shape index (κ1) is 18.1. The molecule has 25 heavy (non-hydrogen) atoms. The Labute approximate surface area is 145 Å². The van der Waals surface area contributed by atoms with Crippen molar-refractivity contribution >= 4 is 34.9 Å². The van der Waals surface area contributed by atoms with Gasteiger partial charge in [-0.15, -0.1) is 0 Å². The molecule has 0 saturated carbocycles. The number of amides is 1. The average Bonchev–Trinajstić information content (AvgIpc) is 2.61. The number of hydrogen-bond donors (Lipinski definition) is 3. The van der Waals surface area contributed by atoms with E-state index in [4.69, 9.17) is 9.57 Å². The summed E-state index contributed by atoms with van der Waals surface area (Å²) in [4.78, 5) is 31.6. The van der Waals surface area contributed by atoms with Crippen LogP contribution in [0.25, 0.3) is 0 Å². The van der Waals surface area contributed by atoms with Gasteiger partial charge in [-0.25, -0.2) is 20.1 Å². The molecule has 0 fully saturated rings. The third-order valence-corrected chi connectivity index (χ3v) is 2.99. The highest BCUT2D eigenvalue weighted by atomic mass is 16.7. The van der Waals surface area contributed by atoms with E-state index in [1.54, 1.807) is 44.2 Å². The van der Waals surface area contributed by atoms with Crippen LogP contribution < -0.4 is 16.1 Å².